The predicted molar refractivity (Wildman–Crippen MR) is 50.5 cm³/mol. The van der Waals surface area contributed by atoms with Crippen molar-refractivity contribution in [1.29, 1.82) is 0 Å². The number of carbonyl (C=O) groups is 1. The van der Waals surface area contributed by atoms with E-state index in [1.807, 2.05) is 0 Å². The second-order valence-electron chi connectivity index (χ2n) is 3.29. The Balaban J connectivity index is 2.02. The molecule has 0 radical (unpaired) electrons. The third-order valence-electron chi connectivity index (χ3n) is 2.23. The summed E-state index contributed by atoms with van der Waals surface area (Å²) in [5, 5.41) is 9.21. The molecule has 1 atom stereocenters. The minimum absolute atomic E-state index is 0.0633. The zero-order valence-corrected chi connectivity index (χ0v) is 7.82. The van der Waals surface area contributed by atoms with E-state index in [1.165, 1.54) is 0 Å². The number of likely N-dealkylation sites (tertiary alicyclic amines) is 1. The van der Waals surface area contributed by atoms with Crippen LogP contribution in [0.15, 0.2) is 0 Å². The van der Waals surface area contributed by atoms with Crippen LogP contribution >= 0.6 is 0 Å². The van der Waals surface area contributed by atoms with Gasteiger partial charge in [-0.1, -0.05) is 0 Å². The van der Waals surface area contributed by atoms with Crippen molar-refractivity contribution in [3.8, 4) is 0 Å². The molecule has 1 aliphatic rings. The van der Waals surface area contributed by atoms with Crippen molar-refractivity contribution in [3.63, 3.8) is 0 Å². The first kappa shape index (κ1) is 8.79. The van der Waals surface area contributed by atoms with Crippen LogP contribution in [-0.4, -0.2) is 45.6 Å². The summed E-state index contributed by atoms with van der Waals surface area (Å²) in [5.74, 6) is 0.677. The Labute approximate surface area is 80.7 Å². The molecule has 2 rings (SSSR count). The van der Waals surface area contributed by atoms with Gasteiger partial charge in [0.2, 0.25) is 17.8 Å². The third-order valence-corrected chi connectivity index (χ3v) is 2.23. The zero-order valence-electron chi connectivity index (χ0n) is 7.82. The minimum Gasteiger partial charge on any atom is -0.368 e. The van der Waals surface area contributed by atoms with Gasteiger partial charge in [-0.25, -0.2) is 5.10 Å². The average Bonchev–Trinajstić information content (AvgIpc) is 2.67. The SMILES string of the molecule is CN1CCC(Nc2n[nH]c(N)n2)C1=O. The largest absolute Gasteiger partial charge is 0.368 e. The lowest BCUT2D eigenvalue weighted by Gasteiger charge is -2.09. The van der Waals surface area contributed by atoms with Crippen LogP contribution in [-0.2, 0) is 4.79 Å². The summed E-state index contributed by atoms with van der Waals surface area (Å²) in [4.78, 5) is 17.0. The van der Waals surface area contributed by atoms with Gasteiger partial charge < -0.3 is 16.0 Å². The molecule has 0 saturated carbocycles. The Hall–Kier alpha value is -1.79. The molecule has 1 aromatic heterocycles. The molecule has 0 spiro atoms. The monoisotopic (exact) mass is 196 g/mol. The number of nitrogens with one attached hydrogen (secondary N) is 2. The van der Waals surface area contributed by atoms with E-state index in [0.717, 1.165) is 13.0 Å². The average molecular weight is 196 g/mol. The minimum atomic E-state index is -0.227. The maximum Gasteiger partial charge on any atom is 0.244 e. The van der Waals surface area contributed by atoms with E-state index in [-0.39, 0.29) is 17.9 Å². The van der Waals surface area contributed by atoms with Crippen LogP contribution in [0.25, 0.3) is 0 Å². The lowest BCUT2D eigenvalue weighted by atomic mass is 10.2. The van der Waals surface area contributed by atoms with Gasteiger partial charge >= 0.3 is 0 Å². The van der Waals surface area contributed by atoms with E-state index in [4.69, 9.17) is 5.73 Å². The number of aromatic nitrogens is 3. The van der Waals surface area contributed by atoms with Gasteiger partial charge in [0.1, 0.15) is 6.04 Å². The fourth-order valence-corrected chi connectivity index (χ4v) is 1.45. The maximum atomic E-state index is 11.5. The van der Waals surface area contributed by atoms with E-state index in [2.05, 4.69) is 20.5 Å². The molecule has 76 valence electrons. The number of hydrogen-bond acceptors (Lipinski definition) is 5. The number of amides is 1. The summed E-state index contributed by atoms with van der Waals surface area (Å²) in [5.41, 5.74) is 5.35. The molecule has 1 fully saturated rings. The van der Waals surface area contributed by atoms with Gasteiger partial charge in [-0.05, 0) is 6.42 Å². The molecular formula is C7H12N6O. The van der Waals surface area contributed by atoms with Crippen molar-refractivity contribution >= 4 is 17.8 Å². The summed E-state index contributed by atoms with van der Waals surface area (Å²) in [6.07, 6.45) is 0.768. The maximum absolute atomic E-state index is 11.5. The van der Waals surface area contributed by atoms with Crippen LogP contribution in [0.5, 0.6) is 0 Å². The highest BCUT2D eigenvalue weighted by atomic mass is 16.2. The van der Waals surface area contributed by atoms with E-state index in [9.17, 15) is 4.79 Å². The molecule has 1 aromatic rings. The van der Waals surface area contributed by atoms with Gasteiger partial charge in [0, 0.05) is 13.6 Å². The number of hydrogen-bond donors (Lipinski definition) is 3. The first-order chi connectivity index (χ1) is 6.66. The van der Waals surface area contributed by atoms with Gasteiger partial charge in [-0.15, -0.1) is 5.10 Å². The lowest BCUT2D eigenvalue weighted by molar-refractivity contribution is -0.127. The zero-order chi connectivity index (χ0) is 10.1. The number of anilines is 2. The van der Waals surface area contributed by atoms with Gasteiger partial charge in [0.25, 0.3) is 0 Å². The van der Waals surface area contributed by atoms with Gasteiger partial charge in [0.15, 0.2) is 0 Å². The normalized spacial score (nSPS) is 21.6. The number of aromatic amines is 1. The standard InChI is InChI=1S/C7H12N6O/c1-13-3-2-4(5(13)14)9-7-10-6(8)11-12-7/h4H,2-3H2,1H3,(H4,8,9,10,11,12). The van der Waals surface area contributed by atoms with Gasteiger partial charge in [-0.2, -0.15) is 4.98 Å². The Morgan fingerprint density at radius 1 is 1.71 bits per heavy atom. The predicted octanol–water partition coefficient (Wildman–Crippen LogP) is -0.970. The van der Waals surface area contributed by atoms with Crippen molar-refractivity contribution < 1.29 is 4.79 Å². The highest BCUT2D eigenvalue weighted by molar-refractivity contribution is 5.86. The molecule has 1 saturated heterocycles. The molecule has 1 amide bonds. The summed E-state index contributed by atoms with van der Waals surface area (Å²) in [6, 6.07) is -0.227. The van der Waals surface area contributed by atoms with Crippen LogP contribution in [0.1, 0.15) is 6.42 Å². The number of nitrogens with two attached hydrogens (primary N) is 1. The highest BCUT2D eigenvalue weighted by Gasteiger charge is 2.29. The fourth-order valence-electron chi connectivity index (χ4n) is 1.45. The van der Waals surface area contributed by atoms with Crippen molar-refractivity contribution in [2.24, 2.45) is 0 Å². The molecular weight excluding hydrogens is 184 g/mol. The van der Waals surface area contributed by atoms with Crippen LogP contribution in [0.2, 0.25) is 0 Å². The fraction of sp³-hybridized carbons (Fsp3) is 0.571. The first-order valence-electron chi connectivity index (χ1n) is 4.36. The van der Waals surface area contributed by atoms with Gasteiger partial charge in [0.05, 0.1) is 0 Å². The van der Waals surface area contributed by atoms with Crippen LogP contribution < -0.4 is 11.1 Å². The number of rotatable bonds is 2. The first-order valence-corrected chi connectivity index (χ1v) is 4.36. The van der Waals surface area contributed by atoms with E-state index < -0.39 is 0 Å². The summed E-state index contributed by atoms with van der Waals surface area (Å²) in [7, 11) is 1.77. The van der Waals surface area contributed by atoms with Crippen molar-refractivity contribution in [2.45, 2.75) is 12.5 Å². The molecule has 4 N–H and O–H groups in total. The van der Waals surface area contributed by atoms with Crippen LogP contribution in [0.3, 0.4) is 0 Å². The molecule has 0 aliphatic carbocycles. The van der Waals surface area contributed by atoms with Crippen LogP contribution in [0, 0.1) is 0 Å². The molecule has 2 heterocycles. The quantitative estimate of drug-likeness (QED) is 0.565. The summed E-state index contributed by atoms with van der Waals surface area (Å²) in [6.45, 7) is 0.760. The lowest BCUT2D eigenvalue weighted by Crippen LogP contribution is -2.31. The third kappa shape index (κ3) is 1.48. The van der Waals surface area contributed by atoms with Crippen molar-refractivity contribution in [2.75, 3.05) is 24.6 Å². The molecule has 7 nitrogen and oxygen atoms in total. The number of carbonyl (C=O) groups excluding carboxylic acids is 1. The Bertz CT molecular complexity index is 348. The number of nitrogens with zero attached hydrogens (tertiary/aromatic N) is 3. The van der Waals surface area contributed by atoms with E-state index in [0.29, 0.717) is 5.95 Å². The molecule has 1 unspecified atom stereocenters. The van der Waals surface area contributed by atoms with E-state index >= 15 is 0 Å². The molecule has 0 aromatic carbocycles. The van der Waals surface area contributed by atoms with Gasteiger partial charge in [-0.3, -0.25) is 4.79 Å². The molecule has 1 aliphatic heterocycles. The molecule has 7 heteroatoms. The van der Waals surface area contributed by atoms with Crippen molar-refractivity contribution in [1.82, 2.24) is 20.1 Å². The number of likely N-dealkylation sites (N-methyl/N-ethyl adjacent to an activating group) is 1. The molecule has 14 heavy (non-hydrogen) atoms. The second kappa shape index (κ2) is 3.17. The smallest absolute Gasteiger partial charge is 0.244 e. The Kier molecular flexibility index (Phi) is 1.99. The van der Waals surface area contributed by atoms with E-state index in [1.54, 1.807) is 11.9 Å². The Morgan fingerprint density at radius 3 is 3.00 bits per heavy atom. The highest BCUT2D eigenvalue weighted by Crippen LogP contribution is 2.12. The second-order valence-corrected chi connectivity index (χ2v) is 3.29. The topological polar surface area (TPSA) is 99.9 Å². The van der Waals surface area contributed by atoms with Crippen molar-refractivity contribution in [3.05, 3.63) is 0 Å². The number of H-pyrrole nitrogens is 1. The molecule has 0 bridgehead atoms. The van der Waals surface area contributed by atoms with Crippen LogP contribution in [0.4, 0.5) is 11.9 Å². The summed E-state index contributed by atoms with van der Waals surface area (Å²) < 4.78 is 0. The Morgan fingerprint density at radius 2 is 2.50 bits per heavy atom. The summed E-state index contributed by atoms with van der Waals surface area (Å²) >= 11 is 0. The number of nitrogen functional groups attached to an aromatic ring is 1.